The summed E-state index contributed by atoms with van der Waals surface area (Å²) in [5.41, 5.74) is 5.56. The molecule has 0 saturated carbocycles. The number of hydrogen-bond acceptors (Lipinski definition) is 6. The average Bonchev–Trinajstić information content (AvgIpc) is 2.68. The van der Waals surface area contributed by atoms with Gasteiger partial charge < -0.3 is 20.1 Å². The maximum absolute atomic E-state index is 12.4. The third kappa shape index (κ3) is 6.08. The van der Waals surface area contributed by atoms with E-state index in [0.29, 0.717) is 57.1 Å². The number of nitrogens with zero attached hydrogens (tertiary/aromatic N) is 1. The second-order valence-corrected chi connectivity index (χ2v) is 8.37. The minimum atomic E-state index is -3.60. The molecule has 27 heavy (non-hydrogen) atoms. The molecule has 0 spiro atoms. The number of fused-ring (bicyclic) bond motifs is 1. The van der Waals surface area contributed by atoms with Crippen LogP contribution in [0.25, 0.3) is 0 Å². The smallest absolute Gasteiger partial charge is 0.240 e. The number of carbonyl (C=O) groups excluding carboxylic acids is 1. The topological polar surface area (TPSA) is 111 Å². The summed E-state index contributed by atoms with van der Waals surface area (Å²) in [6, 6.07) is 4.61. The molecule has 0 fully saturated rings. The predicted octanol–water partition coefficient (Wildman–Crippen LogP) is 1.10. The third-order valence-electron chi connectivity index (χ3n) is 4.58. The van der Waals surface area contributed by atoms with Crippen LogP contribution in [0.5, 0.6) is 11.5 Å². The highest BCUT2D eigenvalue weighted by molar-refractivity contribution is 7.89. The summed E-state index contributed by atoms with van der Waals surface area (Å²) in [7, 11) is -1.85. The molecule has 0 saturated heterocycles. The van der Waals surface area contributed by atoms with Crippen molar-refractivity contribution < 1.29 is 22.7 Å². The van der Waals surface area contributed by atoms with Gasteiger partial charge in [0.1, 0.15) is 13.2 Å². The van der Waals surface area contributed by atoms with E-state index in [1.165, 1.54) is 12.1 Å². The fourth-order valence-corrected chi connectivity index (χ4v) is 3.73. The van der Waals surface area contributed by atoms with Gasteiger partial charge in [-0.15, -0.1) is 0 Å². The summed E-state index contributed by atoms with van der Waals surface area (Å²) >= 11 is 0. The first-order chi connectivity index (χ1) is 12.8. The van der Waals surface area contributed by atoms with E-state index in [-0.39, 0.29) is 16.8 Å². The molecule has 1 amide bonds. The summed E-state index contributed by atoms with van der Waals surface area (Å²) in [6.45, 7) is 3.52. The van der Waals surface area contributed by atoms with E-state index < -0.39 is 10.0 Å². The Bertz CT molecular complexity index is 739. The van der Waals surface area contributed by atoms with Crippen LogP contribution in [0.3, 0.4) is 0 Å². The lowest BCUT2D eigenvalue weighted by atomic mass is 10.1. The van der Waals surface area contributed by atoms with Crippen LogP contribution in [0.2, 0.25) is 0 Å². The number of sulfonamides is 1. The number of ether oxygens (including phenoxy) is 2. The van der Waals surface area contributed by atoms with E-state index in [1.807, 2.05) is 6.92 Å². The Labute approximate surface area is 161 Å². The number of rotatable bonds is 10. The normalized spacial score (nSPS) is 14.6. The molecule has 8 nitrogen and oxygen atoms in total. The Kier molecular flexibility index (Phi) is 7.88. The summed E-state index contributed by atoms with van der Waals surface area (Å²) in [6.07, 6.45) is 2.58. The van der Waals surface area contributed by atoms with Crippen molar-refractivity contribution in [1.29, 1.82) is 0 Å². The van der Waals surface area contributed by atoms with Gasteiger partial charge in [-0.1, -0.05) is 6.42 Å². The molecule has 1 aromatic carbocycles. The molecule has 3 N–H and O–H groups in total. The Hall–Kier alpha value is -1.84. The van der Waals surface area contributed by atoms with Crippen molar-refractivity contribution in [3.05, 3.63) is 18.2 Å². The lowest BCUT2D eigenvalue weighted by molar-refractivity contribution is -0.131. The van der Waals surface area contributed by atoms with Crippen molar-refractivity contribution in [2.75, 3.05) is 33.4 Å². The molecule has 0 aromatic heterocycles. The number of amides is 1. The number of nitrogens with one attached hydrogen (secondary N) is 1. The Morgan fingerprint density at radius 1 is 1.22 bits per heavy atom. The first kappa shape index (κ1) is 21.5. The molecule has 1 aromatic rings. The van der Waals surface area contributed by atoms with Gasteiger partial charge in [0.2, 0.25) is 15.9 Å². The highest BCUT2D eigenvalue weighted by atomic mass is 32.2. The van der Waals surface area contributed by atoms with Gasteiger partial charge in [0, 0.05) is 38.7 Å². The van der Waals surface area contributed by atoms with Gasteiger partial charge in [0.05, 0.1) is 4.90 Å². The monoisotopic (exact) mass is 399 g/mol. The van der Waals surface area contributed by atoms with Crippen molar-refractivity contribution in [2.24, 2.45) is 5.73 Å². The molecule has 1 atom stereocenters. The van der Waals surface area contributed by atoms with Gasteiger partial charge in [-0.05, 0) is 31.9 Å². The number of hydrogen-bond donors (Lipinski definition) is 2. The summed E-state index contributed by atoms with van der Waals surface area (Å²) < 4.78 is 38.2. The minimum absolute atomic E-state index is 0.0234. The molecular formula is C18H29N3O5S. The van der Waals surface area contributed by atoms with Crippen LogP contribution in [0, 0.1) is 0 Å². The van der Waals surface area contributed by atoms with Crippen molar-refractivity contribution in [3.63, 3.8) is 0 Å². The van der Waals surface area contributed by atoms with E-state index >= 15 is 0 Å². The van der Waals surface area contributed by atoms with Crippen LogP contribution < -0.4 is 19.9 Å². The number of likely N-dealkylation sites (N-methyl/N-ethyl adjacent to an activating group) is 1. The van der Waals surface area contributed by atoms with E-state index in [2.05, 4.69) is 4.72 Å². The molecule has 2 rings (SSSR count). The molecule has 0 bridgehead atoms. The van der Waals surface area contributed by atoms with Gasteiger partial charge in [-0.3, -0.25) is 4.79 Å². The molecule has 1 aliphatic rings. The number of benzene rings is 1. The summed E-state index contributed by atoms with van der Waals surface area (Å²) in [4.78, 5) is 13.8. The third-order valence-corrected chi connectivity index (χ3v) is 6.04. The van der Waals surface area contributed by atoms with Crippen molar-refractivity contribution in [3.8, 4) is 11.5 Å². The molecule has 152 valence electrons. The molecule has 0 aliphatic carbocycles. The number of carbonyl (C=O) groups is 1. The van der Waals surface area contributed by atoms with Crippen molar-refractivity contribution in [1.82, 2.24) is 9.62 Å². The SMILES string of the molecule is CC(CN)N(C)C(=O)CCCCCNS(=O)(=O)c1ccc2c(c1)OCCO2. The molecule has 0 radical (unpaired) electrons. The van der Waals surface area contributed by atoms with Crippen LogP contribution in [0.1, 0.15) is 32.6 Å². The fraction of sp³-hybridized carbons (Fsp3) is 0.611. The Morgan fingerprint density at radius 3 is 2.63 bits per heavy atom. The summed E-state index contributed by atoms with van der Waals surface area (Å²) in [5.74, 6) is 1.06. The maximum atomic E-state index is 12.4. The largest absolute Gasteiger partial charge is 0.486 e. The van der Waals surface area contributed by atoms with E-state index in [0.717, 1.165) is 6.42 Å². The standard InChI is InChI=1S/C18H29N3O5S/c1-14(13-19)21(2)18(22)6-4-3-5-9-20-27(23,24)15-7-8-16-17(12-15)26-11-10-25-16/h7-8,12,14,20H,3-6,9-11,13,19H2,1-2H3. The molecule has 1 heterocycles. The van der Waals surface area contributed by atoms with E-state index in [9.17, 15) is 13.2 Å². The van der Waals surface area contributed by atoms with Crippen LogP contribution >= 0.6 is 0 Å². The zero-order valence-electron chi connectivity index (χ0n) is 15.9. The lowest BCUT2D eigenvalue weighted by Crippen LogP contribution is -2.39. The molecule has 1 unspecified atom stereocenters. The zero-order chi connectivity index (χ0) is 19.9. The zero-order valence-corrected chi connectivity index (χ0v) is 16.8. The molecular weight excluding hydrogens is 370 g/mol. The minimum Gasteiger partial charge on any atom is -0.486 e. The second kappa shape index (κ2) is 9.91. The lowest BCUT2D eigenvalue weighted by Gasteiger charge is -2.23. The van der Waals surface area contributed by atoms with Crippen LogP contribution in [-0.4, -0.2) is 58.6 Å². The first-order valence-corrected chi connectivity index (χ1v) is 10.7. The van der Waals surface area contributed by atoms with E-state index in [1.54, 1.807) is 18.0 Å². The van der Waals surface area contributed by atoms with Crippen LogP contribution in [0.15, 0.2) is 23.1 Å². The van der Waals surface area contributed by atoms with Crippen molar-refractivity contribution >= 4 is 15.9 Å². The molecule has 9 heteroatoms. The summed E-state index contributed by atoms with van der Waals surface area (Å²) in [5, 5.41) is 0. The number of unbranched alkanes of at least 4 members (excludes halogenated alkanes) is 2. The number of nitrogens with two attached hydrogens (primary N) is 1. The maximum Gasteiger partial charge on any atom is 0.240 e. The van der Waals surface area contributed by atoms with Crippen molar-refractivity contribution in [2.45, 2.75) is 43.5 Å². The average molecular weight is 400 g/mol. The first-order valence-electron chi connectivity index (χ1n) is 9.20. The van der Waals surface area contributed by atoms with Gasteiger partial charge in [0.25, 0.3) is 0 Å². The quantitative estimate of drug-likeness (QED) is 0.570. The predicted molar refractivity (Wildman–Crippen MR) is 102 cm³/mol. The van der Waals surface area contributed by atoms with Gasteiger partial charge >= 0.3 is 0 Å². The highest BCUT2D eigenvalue weighted by Crippen LogP contribution is 2.32. The Morgan fingerprint density at radius 2 is 1.93 bits per heavy atom. The van der Waals surface area contributed by atoms with Crippen LogP contribution in [0.4, 0.5) is 0 Å². The van der Waals surface area contributed by atoms with Gasteiger partial charge in [0.15, 0.2) is 11.5 Å². The van der Waals surface area contributed by atoms with Gasteiger partial charge in [-0.2, -0.15) is 0 Å². The Balaban J connectivity index is 1.72. The second-order valence-electron chi connectivity index (χ2n) is 6.60. The fourth-order valence-electron chi connectivity index (χ4n) is 2.64. The van der Waals surface area contributed by atoms with Crippen LogP contribution in [-0.2, 0) is 14.8 Å². The van der Waals surface area contributed by atoms with Gasteiger partial charge in [-0.25, -0.2) is 13.1 Å². The highest BCUT2D eigenvalue weighted by Gasteiger charge is 2.19. The molecule has 1 aliphatic heterocycles. The van der Waals surface area contributed by atoms with E-state index in [4.69, 9.17) is 15.2 Å².